The normalized spacial score (nSPS) is 23.0. The molecule has 8 nitrogen and oxygen atoms in total. The van der Waals surface area contributed by atoms with Crippen molar-refractivity contribution in [3.63, 3.8) is 0 Å². The second-order valence-electron chi connectivity index (χ2n) is 8.01. The van der Waals surface area contributed by atoms with Crippen LogP contribution in [-0.2, 0) is 11.0 Å². The molecule has 2 aromatic rings. The third-order valence-electron chi connectivity index (χ3n) is 5.87. The number of imidazole rings is 1. The van der Waals surface area contributed by atoms with Crippen molar-refractivity contribution in [2.75, 3.05) is 7.11 Å². The molecule has 12 heteroatoms. The number of amides is 1. The second-order valence-corrected chi connectivity index (χ2v) is 8.01. The lowest BCUT2D eigenvalue weighted by Gasteiger charge is -2.23. The lowest BCUT2D eigenvalue weighted by atomic mass is 9.90. The molecule has 4 rings (SSSR count). The third-order valence-corrected chi connectivity index (χ3v) is 5.87. The Kier molecular flexibility index (Phi) is 6.72. The van der Waals surface area contributed by atoms with Gasteiger partial charge in [0.1, 0.15) is 23.3 Å². The van der Waals surface area contributed by atoms with Gasteiger partial charge in [0.15, 0.2) is 5.69 Å². The van der Waals surface area contributed by atoms with Crippen molar-refractivity contribution >= 4 is 17.8 Å². The second kappa shape index (κ2) is 9.72. The number of nitrogens with zero attached hydrogens (tertiary/aromatic N) is 4. The van der Waals surface area contributed by atoms with Gasteiger partial charge in [-0.1, -0.05) is 18.2 Å². The summed E-state index contributed by atoms with van der Waals surface area (Å²) in [6, 6.07) is 3.46. The van der Waals surface area contributed by atoms with Crippen molar-refractivity contribution in [1.29, 1.82) is 0 Å². The van der Waals surface area contributed by atoms with Crippen LogP contribution in [0.5, 0.6) is 5.75 Å². The van der Waals surface area contributed by atoms with Crippen LogP contribution < -0.4 is 15.9 Å². The number of hydrogen-bond donors (Lipinski definition) is 2. The van der Waals surface area contributed by atoms with Crippen LogP contribution in [0.15, 0.2) is 64.9 Å². The van der Waals surface area contributed by atoms with Crippen molar-refractivity contribution in [1.82, 2.24) is 14.9 Å². The minimum absolute atomic E-state index is 0.219. The number of fused-ring (bicyclic) bond motifs is 1. The highest BCUT2D eigenvalue weighted by atomic mass is 19.4. The number of hydrazone groups is 1. The molecule has 1 aliphatic carbocycles. The summed E-state index contributed by atoms with van der Waals surface area (Å²) in [4.78, 5) is 20.3. The number of alkyl halides is 3. The Bertz CT molecular complexity index is 1230. The minimum Gasteiger partial charge on any atom is -0.495 e. The molecule has 1 aliphatic heterocycles. The first-order chi connectivity index (χ1) is 16.7. The van der Waals surface area contributed by atoms with Gasteiger partial charge in [0, 0.05) is 17.7 Å². The van der Waals surface area contributed by atoms with E-state index in [4.69, 9.17) is 10.6 Å². The molecule has 1 aromatic heterocycles. The Hall–Kier alpha value is -3.96. The average molecular weight is 490 g/mol. The van der Waals surface area contributed by atoms with Gasteiger partial charge in [0.25, 0.3) is 0 Å². The summed E-state index contributed by atoms with van der Waals surface area (Å²) in [6.07, 6.45) is 4.13. The number of aromatic nitrogens is 2. The molecule has 0 saturated carbocycles. The molecular formula is C23H22F4N6O2. The van der Waals surface area contributed by atoms with E-state index in [1.165, 1.54) is 36.1 Å². The highest BCUT2D eigenvalue weighted by molar-refractivity contribution is 6.38. The predicted octanol–water partition coefficient (Wildman–Crippen LogP) is 3.32. The number of ether oxygens (including phenoxy) is 1. The van der Waals surface area contributed by atoms with Crippen LogP contribution in [-0.4, -0.2) is 46.6 Å². The van der Waals surface area contributed by atoms with E-state index >= 15 is 0 Å². The van der Waals surface area contributed by atoms with Crippen LogP contribution in [0.3, 0.4) is 0 Å². The van der Waals surface area contributed by atoms with Crippen molar-refractivity contribution < 1.29 is 27.1 Å². The summed E-state index contributed by atoms with van der Waals surface area (Å²) >= 11 is 0. The molecule has 2 aliphatic rings. The number of aliphatic imine (C=N–C) groups is 1. The fourth-order valence-corrected chi connectivity index (χ4v) is 4.03. The quantitative estimate of drug-likeness (QED) is 0.290. The van der Waals surface area contributed by atoms with Crippen LogP contribution in [0.1, 0.15) is 24.1 Å². The van der Waals surface area contributed by atoms with Crippen LogP contribution in [0, 0.1) is 5.92 Å². The van der Waals surface area contributed by atoms with Gasteiger partial charge in [-0.25, -0.2) is 9.37 Å². The number of carbonyl (C=O) groups is 1. The van der Waals surface area contributed by atoms with Gasteiger partial charge in [-0.3, -0.25) is 9.79 Å². The molecular weight excluding hydrogens is 468 g/mol. The Morgan fingerprint density at radius 2 is 2.14 bits per heavy atom. The average Bonchev–Trinajstić information content (AvgIpc) is 3.27. The molecule has 0 spiro atoms. The summed E-state index contributed by atoms with van der Waals surface area (Å²) in [5.74, 6) is 4.74. The van der Waals surface area contributed by atoms with Crippen LogP contribution >= 0.6 is 0 Å². The number of hydrogen-bond acceptors (Lipinski definition) is 6. The number of rotatable bonds is 5. The van der Waals surface area contributed by atoms with Crippen molar-refractivity contribution in [3.05, 3.63) is 66.0 Å². The van der Waals surface area contributed by atoms with Gasteiger partial charge in [0.05, 0.1) is 31.4 Å². The Morgan fingerprint density at radius 3 is 2.83 bits per heavy atom. The molecule has 0 radical (unpaired) electrons. The molecule has 3 unspecified atom stereocenters. The first kappa shape index (κ1) is 24.2. The molecule has 184 valence electrons. The molecule has 1 fully saturated rings. The monoisotopic (exact) mass is 490 g/mol. The van der Waals surface area contributed by atoms with E-state index in [2.05, 4.69) is 20.4 Å². The molecule has 1 aromatic carbocycles. The highest BCUT2D eigenvalue weighted by Crippen LogP contribution is 2.31. The SMILES string of the molecule is COc1cc(C(C=NC2CCC3C(F)=CC=CC3NC2=O)=NN)ccc1-n1cnc(C(F)(F)F)c1. The van der Waals surface area contributed by atoms with Crippen molar-refractivity contribution in [2.24, 2.45) is 21.9 Å². The molecule has 1 saturated heterocycles. The zero-order valence-electron chi connectivity index (χ0n) is 18.5. The van der Waals surface area contributed by atoms with E-state index in [-0.39, 0.29) is 23.2 Å². The summed E-state index contributed by atoms with van der Waals surface area (Å²) < 4.78 is 59.4. The number of nitrogens with one attached hydrogen (secondary N) is 1. The van der Waals surface area contributed by atoms with Gasteiger partial charge in [-0.15, -0.1) is 0 Å². The van der Waals surface area contributed by atoms with Crippen LogP contribution in [0.4, 0.5) is 17.6 Å². The number of methoxy groups -OCH3 is 1. The molecule has 0 bridgehead atoms. The summed E-state index contributed by atoms with van der Waals surface area (Å²) in [5, 5.41) is 6.52. The van der Waals surface area contributed by atoms with Crippen molar-refractivity contribution in [3.8, 4) is 11.4 Å². The smallest absolute Gasteiger partial charge is 0.434 e. The summed E-state index contributed by atoms with van der Waals surface area (Å²) in [7, 11) is 1.37. The molecule has 3 atom stereocenters. The molecule has 3 N–H and O–H groups in total. The number of benzene rings is 1. The predicted molar refractivity (Wildman–Crippen MR) is 121 cm³/mol. The maximum Gasteiger partial charge on any atom is 0.434 e. The largest absolute Gasteiger partial charge is 0.495 e. The molecule has 35 heavy (non-hydrogen) atoms. The van der Waals surface area contributed by atoms with E-state index in [0.717, 1.165) is 12.5 Å². The summed E-state index contributed by atoms with van der Waals surface area (Å²) in [5.41, 5.74) is -0.0293. The van der Waals surface area contributed by atoms with Gasteiger partial charge < -0.3 is 20.5 Å². The van der Waals surface area contributed by atoms with Crippen LogP contribution in [0.25, 0.3) is 5.69 Å². The topological polar surface area (TPSA) is 107 Å². The Labute approximate surface area is 197 Å². The number of allylic oxidation sites excluding steroid dienone is 2. The lowest BCUT2D eigenvalue weighted by Crippen LogP contribution is -2.41. The first-order valence-corrected chi connectivity index (χ1v) is 10.7. The zero-order valence-corrected chi connectivity index (χ0v) is 18.5. The van der Waals surface area contributed by atoms with Gasteiger partial charge in [-0.05, 0) is 31.1 Å². The van der Waals surface area contributed by atoms with Gasteiger partial charge in [0.2, 0.25) is 5.91 Å². The maximum absolute atomic E-state index is 14.1. The van der Waals surface area contributed by atoms with E-state index in [0.29, 0.717) is 24.1 Å². The maximum atomic E-state index is 14.1. The van der Waals surface area contributed by atoms with E-state index in [1.54, 1.807) is 18.2 Å². The number of nitrogens with two attached hydrogens (primary N) is 1. The fraction of sp³-hybridized carbons (Fsp3) is 0.304. The van der Waals surface area contributed by atoms with Gasteiger partial charge in [-0.2, -0.15) is 18.3 Å². The number of halogens is 4. The minimum atomic E-state index is -4.57. The molecule has 2 heterocycles. The van der Waals surface area contributed by atoms with E-state index in [9.17, 15) is 22.4 Å². The van der Waals surface area contributed by atoms with E-state index in [1.807, 2.05) is 0 Å². The lowest BCUT2D eigenvalue weighted by molar-refractivity contribution is -0.140. The summed E-state index contributed by atoms with van der Waals surface area (Å²) in [6.45, 7) is 0. The van der Waals surface area contributed by atoms with E-state index < -0.39 is 29.9 Å². The first-order valence-electron chi connectivity index (χ1n) is 10.7. The van der Waals surface area contributed by atoms with Crippen LogP contribution in [0.2, 0.25) is 0 Å². The zero-order chi connectivity index (χ0) is 25.2. The Morgan fingerprint density at radius 1 is 1.34 bits per heavy atom. The van der Waals surface area contributed by atoms with Crippen molar-refractivity contribution in [2.45, 2.75) is 31.1 Å². The highest BCUT2D eigenvalue weighted by Gasteiger charge is 2.34. The molecule has 1 amide bonds. The Balaban J connectivity index is 1.54. The fourth-order valence-electron chi connectivity index (χ4n) is 4.03. The number of carbonyl (C=O) groups excluding carboxylic acids is 1. The standard InChI is InChI=1S/C23H22F4N6O2/c1-35-20-9-13(5-8-19(20)33-11-21(30-12-33)23(25,26)27)18(32-28)10-29-17-7-6-14-15(24)3-2-4-16(14)31-22(17)34/h2-5,8-12,14,16-17H,6-7,28H2,1H3,(H,31,34). The third kappa shape index (κ3) is 5.10. The van der Waals surface area contributed by atoms with Gasteiger partial charge >= 0.3 is 6.18 Å².